The smallest absolute Gasteiger partial charge is 0.134 e. The van der Waals surface area contributed by atoms with Crippen LogP contribution in [0.1, 0.15) is 11.1 Å². The topological polar surface area (TPSA) is 18.5 Å². The molecule has 0 radical (unpaired) electrons. The van der Waals surface area contributed by atoms with Gasteiger partial charge in [-0.2, -0.15) is 0 Å². The van der Waals surface area contributed by atoms with E-state index in [1.54, 1.807) is 14.2 Å². The molecule has 0 saturated heterocycles. The van der Waals surface area contributed by atoms with Crippen LogP contribution in [0.3, 0.4) is 0 Å². The number of hydrogen-bond donors (Lipinski definition) is 0. The number of benzene rings is 2. The van der Waals surface area contributed by atoms with Crippen LogP contribution in [-0.4, -0.2) is 14.2 Å². The Hall–Kier alpha value is -2.40. The SMILES string of the molecule is COc1ccc(C#Cc2ccccc2OC)cc1. The fourth-order valence-electron chi connectivity index (χ4n) is 1.56. The normalized spacial score (nSPS) is 9.22. The lowest BCUT2D eigenvalue weighted by molar-refractivity contribution is 0.413. The molecule has 0 amide bonds. The Bertz CT molecular complexity index is 574. The zero-order chi connectivity index (χ0) is 12.8. The molecule has 0 atom stereocenters. The van der Waals surface area contributed by atoms with Crippen LogP contribution in [0.2, 0.25) is 0 Å². The minimum Gasteiger partial charge on any atom is -0.497 e. The van der Waals surface area contributed by atoms with Gasteiger partial charge in [-0.3, -0.25) is 0 Å². The summed E-state index contributed by atoms with van der Waals surface area (Å²) in [5.41, 5.74) is 1.83. The zero-order valence-electron chi connectivity index (χ0n) is 10.4. The fraction of sp³-hybridized carbons (Fsp3) is 0.125. The minimum absolute atomic E-state index is 0.790. The number of rotatable bonds is 2. The van der Waals surface area contributed by atoms with E-state index in [2.05, 4.69) is 11.8 Å². The molecule has 0 aliphatic rings. The van der Waals surface area contributed by atoms with Gasteiger partial charge in [0.1, 0.15) is 11.5 Å². The highest BCUT2D eigenvalue weighted by Crippen LogP contribution is 2.16. The lowest BCUT2D eigenvalue weighted by Crippen LogP contribution is -1.86. The summed E-state index contributed by atoms with van der Waals surface area (Å²) in [5, 5.41) is 0. The summed E-state index contributed by atoms with van der Waals surface area (Å²) >= 11 is 0. The number of para-hydroxylation sites is 1. The third-order valence-corrected chi connectivity index (χ3v) is 2.54. The van der Waals surface area contributed by atoms with Gasteiger partial charge < -0.3 is 9.47 Å². The van der Waals surface area contributed by atoms with E-state index in [1.165, 1.54) is 0 Å². The van der Waals surface area contributed by atoms with Crippen molar-refractivity contribution < 1.29 is 9.47 Å². The van der Waals surface area contributed by atoms with Crippen molar-refractivity contribution in [3.8, 4) is 23.3 Å². The molecular formula is C16H14O2. The van der Waals surface area contributed by atoms with Crippen molar-refractivity contribution in [3.05, 3.63) is 59.7 Å². The van der Waals surface area contributed by atoms with Gasteiger partial charge >= 0.3 is 0 Å². The maximum atomic E-state index is 5.25. The average molecular weight is 238 g/mol. The molecule has 2 aromatic carbocycles. The van der Waals surface area contributed by atoms with Gasteiger partial charge in [0.2, 0.25) is 0 Å². The molecule has 2 nitrogen and oxygen atoms in total. The van der Waals surface area contributed by atoms with Crippen molar-refractivity contribution >= 4 is 0 Å². The molecule has 0 aliphatic carbocycles. The second kappa shape index (κ2) is 5.79. The second-order valence-corrected chi connectivity index (χ2v) is 3.68. The van der Waals surface area contributed by atoms with Crippen molar-refractivity contribution in [2.24, 2.45) is 0 Å². The van der Waals surface area contributed by atoms with Crippen molar-refractivity contribution in [2.75, 3.05) is 14.2 Å². The van der Waals surface area contributed by atoms with Crippen LogP contribution in [-0.2, 0) is 0 Å². The van der Waals surface area contributed by atoms with E-state index in [9.17, 15) is 0 Å². The highest BCUT2D eigenvalue weighted by Gasteiger charge is 1.96. The summed E-state index contributed by atoms with van der Waals surface area (Å²) in [5.74, 6) is 7.83. The maximum Gasteiger partial charge on any atom is 0.134 e. The highest BCUT2D eigenvalue weighted by atomic mass is 16.5. The molecule has 18 heavy (non-hydrogen) atoms. The summed E-state index contributed by atoms with van der Waals surface area (Å²) in [6.45, 7) is 0. The molecule has 2 aromatic rings. The maximum absolute atomic E-state index is 5.25. The summed E-state index contributed by atoms with van der Waals surface area (Å²) in [6.07, 6.45) is 0. The third-order valence-electron chi connectivity index (χ3n) is 2.54. The molecule has 90 valence electrons. The van der Waals surface area contributed by atoms with E-state index in [4.69, 9.17) is 9.47 Å². The van der Waals surface area contributed by atoms with Crippen LogP contribution in [0.5, 0.6) is 11.5 Å². The first kappa shape index (κ1) is 12.1. The molecule has 0 aliphatic heterocycles. The molecule has 2 rings (SSSR count). The largest absolute Gasteiger partial charge is 0.497 e. The zero-order valence-corrected chi connectivity index (χ0v) is 10.4. The molecule has 0 unspecified atom stereocenters. The molecule has 0 heterocycles. The molecule has 0 aromatic heterocycles. The summed E-state index contributed by atoms with van der Waals surface area (Å²) in [7, 11) is 3.30. The van der Waals surface area contributed by atoms with Crippen molar-refractivity contribution in [1.29, 1.82) is 0 Å². The first-order chi connectivity index (χ1) is 8.83. The van der Waals surface area contributed by atoms with E-state index in [0.29, 0.717) is 0 Å². The van der Waals surface area contributed by atoms with Crippen LogP contribution >= 0.6 is 0 Å². The van der Waals surface area contributed by atoms with E-state index < -0.39 is 0 Å². The van der Waals surface area contributed by atoms with Gasteiger partial charge in [0.25, 0.3) is 0 Å². The van der Waals surface area contributed by atoms with Gasteiger partial charge in [0, 0.05) is 5.56 Å². The Morgan fingerprint density at radius 2 is 1.50 bits per heavy atom. The second-order valence-electron chi connectivity index (χ2n) is 3.68. The van der Waals surface area contributed by atoms with Crippen LogP contribution < -0.4 is 9.47 Å². The number of hydrogen-bond acceptors (Lipinski definition) is 2. The summed E-state index contributed by atoms with van der Waals surface area (Å²) in [4.78, 5) is 0. The Morgan fingerprint density at radius 1 is 0.778 bits per heavy atom. The minimum atomic E-state index is 0.790. The first-order valence-corrected chi connectivity index (χ1v) is 5.62. The molecule has 2 heteroatoms. The van der Waals surface area contributed by atoms with Crippen LogP contribution in [0.15, 0.2) is 48.5 Å². The Balaban J connectivity index is 2.25. The molecule has 0 N–H and O–H groups in total. The van der Waals surface area contributed by atoms with E-state index in [-0.39, 0.29) is 0 Å². The van der Waals surface area contributed by atoms with Crippen LogP contribution in [0.25, 0.3) is 0 Å². The Kier molecular flexibility index (Phi) is 3.88. The predicted molar refractivity (Wildman–Crippen MR) is 72.0 cm³/mol. The lowest BCUT2D eigenvalue weighted by atomic mass is 10.1. The van der Waals surface area contributed by atoms with Crippen LogP contribution in [0, 0.1) is 11.8 Å². The fourth-order valence-corrected chi connectivity index (χ4v) is 1.56. The average Bonchev–Trinajstić information content (AvgIpc) is 2.46. The van der Waals surface area contributed by atoms with Gasteiger partial charge in [-0.15, -0.1) is 0 Å². The highest BCUT2D eigenvalue weighted by molar-refractivity contribution is 5.50. The van der Waals surface area contributed by atoms with E-state index >= 15 is 0 Å². The first-order valence-electron chi connectivity index (χ1n) is 5.62. The quantitative estimate of drug-likeness (QED) is 0.748. The third kappa shape index (κ3) is 2.83. The Labute approximate surface area is 107 Å². The van der Waals surface area contributed by atoms with Gasteiger partial charge in [0.15, 0.2) is 0 Å². The van der Waals surface area contributed by atoms with E-state index in [0.717, 1.165) is 22.6 Å². The van der Waals surface area contributed by atoms with Gasteiger partial charge in [-0.25, -0.2) is 0 Å². The molecule has 0 bridgehead atoms. The molecule has 0 fully saturated rings. The monoisotopic (exact) mass is 238 g/mol. The van der Waals surface area contributed by atoms with Crippen LogP contribution in [0.4, 0.5) is 0 Å². The lowest BCUT2D eigenvalue weighted by Gasteiger charge is -2.01. The van der Waals surface area contributed by atoms with Crippen molar-refractivity contribution in [3.63, 3.8) is 0 Å². The van der Waals surface area contributed by atoms with Gasteiger partial charge in [0.05, 0.1) is 19.8 Å². The number of ether oxygens (including phenoxy) is 2. The van der Waals surface area contributed by atoms with Gasteiger partial charge in [-0.1, -0.05) is 24.0 Å². The molecule has 0 saturated carbocycles. The molecular weight excluding hydrogens is 224 g/mol. The van der Waals surface area contributed by atoms with E-state index in [1.807, 2.05) is 48.5 Å². The molecule has 0 spiro atoms. The summed E-state index contributed by atoms with van der Waals surface area (Å²) < 4.78 is 10.3. The predicted octanol–water partition coefficient (Wildman–Crippen LogP) is 3.10. The number of methoxy groups -OCH3 is 2. The van der Waals surface area contributed by atoms with Crippen molar-refractivity contribution in [2.45, 2.75) is 0 Å². The van der Waals surface area contributed by atoms with Crippen molar-refractivity contribution in [1.82, 2.24) is 0 Å². The standard InChI is InChI=1S/C16H14O2/c1-17-15-11-8-13(9-12-15)7-10-14-5-3-4-6-16(14)18-2/h3-6,8-9,11-12H,1-2H3. The Morgan fingerprint density at radius 3 is 2.17 bits per heavy atom. The summed E-state index contributed by atoms with van der Waals surface area (Å²) in [6, 6.07) is 15.4. The van der Waals surface area contributed by atoms with Gasteiger partial charge in [-0.05, 0) is 36.4 Å².